The molecule has 0 amide bonds. The van der Waals surface area contributed by atoms with Crippen LogP contribution in [0.15, 0.2) is 35.5 Å². The molecule has 0 atom stereocenters. The third-order valence-corrected chi connectivity index (χ3v) is 3.53. The van der Waals surface area contributed by atoms with Crippen molar-refractivity contribution in [1.29, 1.82) is 5.26 Å². The maximum absolute atomic E-state index is 12.6. The number of aliphatic imine (C=N–C) groups is 1. The fourth-order valence-electron chi connectivity index (χ4n) is 1.65. The smallest absolute Gasteiger partial charge is 0.271 e. The molecular formula is C13H9ClF3N5S. The van der Waals surface area contributed by atoms with Crippen LogP contribution < -0.4 is 5.32 Å². The van der Waals surface area contributed by atoms with Crippen molar-refractivity contribution in [2.24, 2.45) is 4.99 Å². The number of alkyl halides is 3. The van der Waals surface area contributed by atoms with Crippen LogP contribution in [0.25, 0.3) is 5.69 Å². The summed E-state index contributed by atoms with van der Waals surface area (Å²) in [7, 11) is 0. The maximum Gasteiger partial charge on any atom is 0.435 e. The fraction of sp³-hybridized carbons (Fsp3) is 0.154. The minimum atomic E-state index is -4.52. The Bertz CT molecular complexity index is 779. The fourth-order valence-corrected chi connectivity index (χ4v) is 2.26. The molecule has 1 heterocycles. The number of nitrogens with zero attached hydrogens (tertiary/aromatic N) is 4. The Morgan fingerprint density at radius 2 is 2.17 bits per heavy atom. The van der Waals surface area contributed by atoms with E-state index in [0.29, 0.717) is 16.5 Å². The lowest BCUT2D eigenvalue weighted by molar-refractivity contribution is -0.141. The topological polar surface area (TPSA) is 66.0 Å². The largest absolute Gasteiger partial charge is 0.435 e. The lowest BCUT2D eigenvalue weighted by Gasteiger charge is -2.06. The molecule has 1 aromatic heterocycles. The highest BCUT2D eigenvalue weighted by Gasteiger charge is 2.33. The van der Waals surface area contributed by atoms with Crippen LogP contribution in [0.2, 0.25) is 5.02 Å². The number of hydrogen-bond donors (Lipinski definition) is 1. The number of amidine groups is 1. The second kappa shape index (κ2) is 6.93. The number of benzene rings is 1. The van der Waals surface area contributed by atoms with Crippen molar-refractivity contribution in [2.75, 3.05) is 6.26 Å². The van der Waals surface area contributed by atoms with Crippen molar-refractivity contribution in [1.82, 2.24) is 15.1 Å². The number of nitriles is 1. The van der Waals surface area contributed by atoms with E-state index in [2.05, 4.69) is 15.4 Å². The van der Waals surface area contributed by atoms with Crippen LogP contribution in [-0.4, -0.2) is 21.2 Å². The summed E-state index contributed by atoms with van der Waals surface area (Å²) in [6.45, 7) is 0. The molecule has 0 aliphatic heterocycles. The van der Waals surface area contributed by atoms with Gasteiger partial charge in [-0.3, -0.25) is 5.32 Å². The van der Waals surface area contributed by atoms with Gasteiger partial charge < -0.3 is 0 Å². The Morgan fingerprint density at radius 1 is 1.43 bits per heavy atom. The van der Waals surface area contributed by atoms with E-state index < -0.39 is 11.9 Å². The molecule has 23 heavy (non-hydrogen) atoms. The van der Waals surface area contributed by atoms with Crippen LogP contribution >= 0.6 is 23.4 Å². The van der Waals surface area contributed by atoms with Gasteiger partial charge in [-0.15, -0.1) is 0 Å². The predicted molar refractivity (Wildman–Crippen MR) is 82.9 cm³/mol. The minimum absolute atomic E-state index is 0.181. The van der Waals surface area contributed by atoms with Crippen LogP contribution in [0.4, 0.5) is 18.9 Å². The maximum atomic E-state index is 12.6. The zero-order chi connectivity index (χ0) is 17.0. The molecule has 0 bridgehead atoms. The molecule has 0 aliphatic carbocycles. The molecule has 1 N–H and O–H groups in total. The average Bonchev–Trinajstić information content (AvgIpc) is 2.96. The lowest BCUT2D eigenvalue weighted by Crippen LogP contribution is -2.12. The standard InChI is InChI=1S/C13H9ClF3N5S/c1-23-12(19-7-18)20-8-2-3-10(9(14)6-8)22-5-4-11(21-22)13(15,16)17/h2-6H,1H3,(H,19,20). The van der Waals surface area contributed by atoms with Gasteiger partial charge in [-0.2, -0.15) is 23.5 Å². The van der Waals surface area contributed by atoms with Crippen molar-refractivity contribution in [2.45, 2.75) is 6.18 Å². The highest BCUT2D eigenvalue weighted by Crippen LogP contribution is 2.30. The molecule has 2 aromatic rings. The van der Waals surface area contributed by atoms with Gasteiger partial charge >= 0.3 is 6.18 Å². The van der Waals surface area contributed by atoms with Crippen LogP contribution in [0.1, 0.15) is 5.69 Å². The van der Waals surface area contributed by atoms with E-state index in [1.165, 1.54) is 30.1 Å². The summed E-state index contributed by atoms with van der Waals surface area (Å²) in [6, 6.07) is 5.40. The van der Waals surface area contributed by atoms with Crippen LogP contribution in [0.3, 0.4) is 0 Å². The molecule has 5 nitrogen and oxygen atoms in total. The van der Waals surface area contributed by atoms with Crippen molar-refractivity contribution in [3.05, 3.63) is 41.2 Å². The molecule has 120 valence electrons. The Hall–Kier alpha value is -2.18. The molecular weight excluding hydrogens is 351 g/mol. The number of aromatic nitrogens is 2. The van der Waals surface area contributed by atoms with Crippen molar-refractivity contribution >= 4 is 34.2 Å². The molecule has 2 rings (SSSR count). The summed E-state index contributed by atoms with van der Waals surface area (Å²) < 4.78 is 38.8. The number of halogens is 4. The average molecular weight is 360 g/mol. The van der Waals surface area contributed by atoms with Gasteiger partial charge in [0.25, 0.3) is 0 Å². The number of rotatable bonds is 2. The van der Waals surface area contributed by atoms with Gasteiger partial charge in [-0.1, -0.05) is 23.4 Å². The SMILES string of the molecule is CSC(=Nc1ccc(-n2ccc(C(F)(F)F)n2)c(Cl)c1)NC#N. The number of hydrogen-bond acceptors (Lipinski definition) is 4. The molecule has 1 aromatic carbocycles. The number of nitrogens with one attached hydrogen (secondary N) is 1. The molecule has 0 unspecified atom stereocenters. The van der Waals surface area contributed by atoms with Crippen molar-refractivity contribution < 1.29 is 13.2 Å². The summed E-state index contributed by atoms with van der Waals surface area (Å²) in [5, 5.41) is 15.0. The first-order valence-electron chi connectivity index (χ1n) is 6.05. The predicted octanol–water partition coefficient (Wildman–Crippen LogP) is 3.97. The third kappa shape index (κ3) is 4.18. The van der Waals surface area contributed by atoms with Gasteiger partial charge in [-0.25, -0.2) is 9.67 Å². The van der Waals surface area contributed by atoms with Crippen molar-refractivity contribution in [3.63, 3.8) is 0 Å². The zero-order valence-electron chi connectivity index (χ0n) is 11.6. The van der Waals surface area contributed by atoms with E-state index in [1.807, 2.05) is 0 Å². The summed E-state index contributed by atoms with van der Waals surface area (Å²) in [5.41, 5.74) is -0.257. The van der Waals surface area contributed by atoms with Gasteiger partial charge in [0.05, 0.1) is 16.4 Å². The highest BCUT2D eigenvalue weighted by molar-refractivity contribution is 8.13. The molecule has 0 radical (unpaired) electrons. The summed E-state index contributed by atoms with van der Waals surface area (Å²) in [4.78, 5) is 4.16. The van der Waals surface area contributed by atoms with E-state index in [-0.39, 0.29) is 5.02 Å². The Labute approximate surface area is 138 Å². The van der Waals surface area contributed by atoms with Gasteiger partial charge in [-0.05, 0) is 30.5 Å². The van der Waals surface area contributed by atoms with E-state index in [1.54, 1.807) is 18.5 Å². The normalized spacial score (nSPS) is 12.1. The lowest BCUT2D eigenvalue weighted by atomic mass is 10.3. The summed E-state index contributed by atoms with van der Waals surface area (Å²) in [6.07, 6.45) is 0.152. The molecule has 0 spiro atoms. The highest BCUT2D eigenvalue weighted by atomic mass is 35.5. The zero-order valence-corrected chi connectivity index (χ0v) is 13.2. The second-order valence-electron chi connectivity index (χ2n) is 4.14. The molecule has 0 saturated carbocycles. The van der Waals surface area contributed by atoms with E-state index >= 15 is 0 Å². The Morgan fingerprint density at radius 3 is 2.70 bits per heavy atom. The molecule has 0 fully saturated rings. The van der Waals surface area contributed by atoms with Crippen LogP contribution in [0, 0.1) is 11.5 Å². The summed E-state index contributed by atoms with van der Waals surface area (Å²) >= 11 is 7.32. The van der Waals surface area contributed by atoms with Crippen LogP contribution in [-0.2, 0) is 6.18 Å². The molecule has 0 aliphatic rings. The third-order valence-electron chi connectivity index (χ3n) is 2.64. The number of thioether (sulfide) groups is 1. The minimum Gasteiger partial charge on any atom is -0.271 e. The molecule has 0 saturated heterocycles. The molecule has 10 heteroatoms. The quantitative estimate of drug-likeness (QED) is 0.381. The van der Waals surface area contributed by atoms with Gasteiger partial charge in [0.2, 0.25) is 0 Å². The Kier molecular flexibility index (Phi) is 5.18. The monoisotopic (exact) mass is 359 g/mol. The second-order valence-corrected chi connectivity index (χ2v) is 5.34. The first kappa shape index (κ1) is 17.2. The van der Waals surface area contributed by atoms with E-state index in [0.717, 1.165) is 10.7 Å². The van der Waals surface area contributed by atoms with Crippen molar-refractivity contribution in [3.8, 4) is 11.9 Å². The van der Waals surface area contributed by atoms with E-state index in [4.69, 9.17) is 16.9 Å². The van der Waals surface area contributed by atoms with Gasteiger partial charge in [0.15, 0.2) is 17.1 Å². The Balaban J connectivity index is 2.33. The van der Waals surface area contributed by atoms with Crippen LogP contribution in [0.5, 0.6) is 0 Å². The first-order valence-corrected chi connectivity index (χ1v) is 7.66. The van der Waals surface area contributed by atoms with Gasteiger partial charge in [0, 0.05) is 6.20 Å². The first-order chi connectivity index (χ1) is 10.8. The van der Waals surface area contributed by atoms with Gasteiger partial charge in [0.1, 0.15) is 0 Å². The summed E-state index contributed by atoms with van der Waals surface area (Å²) in [5.74, 6) is 0. The van der Waals surface area contributed by atoms with E-state index in [9.17, 15) is 13.2 Å².